The van der Waals surface area contributed by atoms with Gasteiger partial charge in [0.15, 0.2) is 5.65 Å². The zero-order valence-electron chi connectivity index (χ0n) is 12.4. The first kappa shape index (κ1) is 13.4. The Balaban J connectivity index is 1.68. The van der Waals surface area contributed by atoms with Crippen molar-refractivity contribution in [1.82, 2.24) is 34.6 Å². The maximum atomic E-state index is 12.4. The number of benzene rings is 1. The lowest BCUT2D eigenvalue weighted by Crippen LogP contribution is -2.24. The lowest BCUT2D eigenvalue weighted by Gasteiger charge is -2.01. The molecular formula is C15H13N7O. The van der Waals surface area contributed by atoms with E-state index in [1.807, 2.05) is 36.5 Å². The quantitative estimate of drug-likeness (QED) is 0.558. The van der Waals surface area contributed by atoms with E-state index in [-0.39, 0.29) is 5.56 Å². The summed E-state index contributed by atoms with van der Waals surface area (Å²) in [5.41, 5.74) is 2.09. The summed E-state index contributed by atoms with van der Waals surface area (Å²) in [6, 6.07) is 9.77. The van der Waals surface area contributed by atoms with Gasteiger partial charge in [0.05, 0.1) is 24.6 Å². The highest BCUT2D eigenvalue weighted by atomic mass is 16.1. The molecule has 8 nitrogen and oxygen atoms in total. The summed E-state index contributed by atoms with van der Waals surface area (Å²) in [5, 5.41) is 16.8. The third kappa shape index (κ3) is 2.30. The van der Waals surface area contributed by atoms with Gasteiger partial charge >= 0.3 is 0 Å². The van der Waals surface area contributed by atoms with Crippen molar-refractivity contribution in [2.24, 2.45) is 7.05 Å². The standard InChI is InChI=1S/C15H13N7O/c1-20-14-13(8-16-20)15(23)22(19-18-14)10-11-7-17-21(9-11)12-5-3-2-4-6-12/h2-9H,10H2,1H3. The number of hydrogen-bond acceptors (Lipinski definition) is 5. The van der Waals surface area contributed by atoms with Gasteiger partial charge in [-0.15, -0.1) is 5.10 Å². The van der Waals surface area contributed by atoms with Crippen molar-refractivity contribution in [2.75, 3.05) is 0 Å². The van der Waals surface area contributed by atoms with Crippen molar-refractivity contribution in [3.05, 3.63) is 64.8 Å². The van der Waals surface area contributed by atoms with Crippen molar-refractivity contribution in [3.63, 3.8) is 0 Å². The highest BCUT2D eigenvalue weighted by Crippen LogP contribution is 2.08. The van der Waals surface area contributed by atoms with Gasteiger partial charge in [0.2, 0.25) is 0 Å². The van der Waals surface area contributed by atoms with Gasteiger partial charge in [-0.3, -0.25) is 4.79 Å². The first-order valence-corrected chi connectivity index (χ1v) is 7.07. The number of rotatable bonds is 3. The monoisotopic (exact) mass is 307 g/mol. The highest BCUT2D eigenvalue weighted by molar-refractivity contribution is 5.72. The van der Waals surface area contributed by atoms with Crippen LogP contribution < -0.4 is 5.56 Å². The molecule has 0 amide bonds. The molecule has 0 bridgehead atoms. The number of nitrogens with zero attached hydrogens (tertiary/aromatic N) is 7. The molecule has 0 aliphatic carbocycles. The molecule has 1 aromatic carbocycles. The normalized spacial score (nSPS) is 11.2. The van der Waals surface area contributed by atoms with Crippen LogP contribution in [-0.2, 0) is 13.6 Å². The van der Waals surface area contributed by atoms with E-state index in [0.29, 0.717) is 17.6 Å². The van der Waals surface area contributed by atoms with Gasteiger partial charge in [-0.05, 0) is 12.1 Å². The smallest absolute Gasteiger partial charge is 0.267 e. The predicted molar refractivity (Wildman–Crippen MR) is 83.2 cm³/mol. The predicted octanol–water partition coefficient (Wildman–Crippen LogP) is 0.759. The third-order valence-electron chi connectivity index (χ3n) is 3.61. The van der Waals surface area contributed by atoms with Crippen LogP contribution in [0.2, 0.25) is 0 Å². The van der Waals surface area contributed by atoms with Crippen molar-refractivity contribution in [1.29, 1.82) is 0 Å². The summed E-state index contributed by atoms with van der Waals surface area (Å²) >= 11 is 0. The number of fused-ring (bicyclic) bond motifs is 1. The van der Waals surface area contributed by atoms with Gasteiger partial charge in [0, 0.05) is 18.8 Å². The largest absolute Gasteiger partial charge is 0.281 e. The Morgan fingerprint density at radius 3 is 2.74 bits per heavy atom. The Hall–Kier alpha value is -3.29. The molecule has 0 aliphatic heterocycles. The molecule has 114 valence electrons. The van der Waals surface area contributed by atoms with Gasteiger partial charge < -0.3 is 0 Å². The summed E-state index contributed by atoms with van der Waals surface area (Å²) in [6.45, 7) is 0.309. The molecule has 0 saturated heterocycles. The maximum Gasteiger partial charge on any atom is 0.281 e. The lowest BCUT2D eigenvalue weighted by atomic mass is 10.3. The Morgan fingerprint density at radius 1 is 1.09 bits per heavy atom. The summed E-state index contributed by atoms with van der Waals surface area (Å²) in [6.07, 6.45) is 5.10. The molecule has 0 N–H and O–H groups in total. The van der Waals surface area contributed by atoms with Crippen LogP contribution in [0, 0.1) is 0 Å². The summed E-state index contributed by atoms with van der Waals surface area (Å²) in [7, 11) is 1.73. The number of aryl methyl sites for hydroxylation is 1. The maximum absolute atomic E-state index is 12.4. The first-order chi connectivity index (χ1) is 11.2. The summed E-state index contributed by atoms with van der Waals surface area (Å²) in [4.78, 5) is 12.4. The molecule has 0 radical (unpaired) electrons. The van der Waals surface area contributed by atoms with E-state index in [9.17, 15) is 4.79 Å². The van der Waals surface area contributed by atoms with Crippen LogP contribution in [0.15, 0.2) is 53.7 Å². The van der Waals surface area contributed by atoms with Crippen LogP contribution in [-0.4, -0.2) is 34.6 Å². The van der Waals surface area contributed by atoms with Crippen molar-refractivity contribution in [2.45, 2.75) is 6.54 Å². The van der Waals surface area contributed by atoms with E-state index >= 15 is 0 Å². The van der Waals surface area contributed by atoms with Crippen molar-refractivity contribution in [3.8, 4) is 5.69 Å². The molecular weight excluding hydrogens is 294 g/mol. The minimum absolute atomic E-state index is 0.212. The fourth-order valence-electron chi connectivity index (χ4n) is 2.42. The van der Waals surface area contributed by atoms with E-state index in [1.165, 1.54) is 15.6 Å². The Labute approximate surface area is 130 Å². The van der Waals surface area contributed by atoms with Gasteiger partial charge in [-0.1, -0.05) is 23.4 Å². The second-order valence-electron chi connectivity index (χ2n) is 5.19. The molecule has 0 atom stereocenters. The molecule has 0 unspecified atom stereocenters. The summed E-state index contributed by atoms with van der Waals surface area (Å²) in [5.74, 6) is 0. The van der Waals surface area contributed by atoms with E-state index < -0.39 is 0 Å². The van der Waals surface area contributed by atoms with E-state index in [2.05, 4.69) is 20.5 Å². The average Bonchev–Trinajstić information content (AvgIpc) is 3.19. The second kappa shape index (κ2) is 5.16. The van der Waals surface area contributed by atoms with E-state index in [4.69, 9.17) is 0 Å². The molecule has 3 aromatic heterocycles. The van der Waals surface area contributed by atoms with Crippen LogP contribution in [0.5, 0.6) is 0 Å². The Morgan fingerprint density at radius 2 is 1.91 bits per heavy atom. The van der Waals surface area contributed by atoms with Crippen LogP contribution >= 0.6 is 0 Å². The molecule has 0 fully saturated rings. The minimum Gasteiger partial charge on any atom is -0.267 e. The summed E-state index contributed by atoms with van der Waals surface area (Å²) < 4.78 is 4.61. The van der Waals surface area contributed by atoms with Crippen LogP contribution in [0.25, 0.3) is 16.7 Å². The molecule has 8 heteroatoms. The highest BCUT2D eigenvalue weighted by Gasteiger charge is 2.10. The fraction of sp³-hybridized carbons (Fsp3) is 0.133. The van der Waals surface area contributed by atoms with E-state index in [0.717, 1.165) is 11.3 Å². The van der Waals surface area contributed by atoms with Crippen LogP contribution in [0.3, 0.4) is 0 Å². The van der Waals surface area contributed by atoms with Gasteiger partial charge in [-0.25, -0.2) is 14.0 Å². The number of hydrogen-bond donors (Lipinski definition) is 0. The zero-order valence-corrected chi connectivity index (χ0v) is 12.4. The Bertz CT molecular complexity index is 1030. The molecule has 0 saturated carbocycles. The fourth-order valence-corrected chi connectivity index (χ4v) is 2.42. The second-order valence-corrected chi connectivity index (χ2v) is 5.19. The average molecular weight is 307 g/mol. The number of para-hydroxylation sites is 1. The van der Waals surface area contributed by atoms with Crippen LogP contribution in [0.1, 0.15) is 5.56 Å². The van der Waals surface area contributed by atoms with Crippen molar-refractivity contribution >= 4 is 11.0 Å². The third-order valence-corrected chi connectivity index (χ3v) is 3.61. The lowest BCUT2D eigenvalue weighted by molar-refractivity contribution is 0.595. The van der Waals surface area contributed by atoms with Gasteiger partial charge in [-0.2, -0.15) is 10.2 Å². The van der Waals surface area contributed by atoms with Crippen LogP contribution in [0.4, 0.5) is 0 Å². The van der Waals surface area contributed by atoms with Gasteiger partial charge in [0.1, 0.15) is 5.39 Å². The zero-order chi connectivity index (χ0) is 15.8. The van der Waals surface area contributed by atoms with E-state index in [1.54, 1.807) is 17.9 Å². The Kier molecular flexibility index (Phi) is 3.00. The molecule has 0 aliphatic rings. The minimum atomic E-state index is -0.212. The van der Waals surface area contributed by atoms with Gasteiger partial charge in [0.25, 0.3) is 5.56 Å². The SMILES string of the molecule is Cn1ncc2c(=O)n(Cc3cnn(-c4ccccc4)c3)nnc21. The topological polar surface area (TPSA) is 83.4 Å². The number of aromatic nitrogens is 7. The molecule has 4 aromatic rings. The molecule has 4 rings (SSSR count). The van der Waals surface area contributed by atoms with Crippen molar-refractivity contribution < 1.29 is 0 Å². The first-order valence-electron chi connectivity index (χ1n) is 7.07. The molecule has 0 spiro atoms. The molecule has 3 heterocycles. The molecule has 23 heavy (non-hydrogen) atoms.